The molecular weight excluding hydrogens is 388 g/mol. The lowest BCUT2D eigenvalue weighted by Crippen LogP contribution is -3.16. The molecule has 1 heterocycles. The van der Waals surface area contributed by atoms with Crippen LogP contribution in [0, 0.1) is 17.2 Å². The highest BCUT2D eigenvalue weighted by Gasteiger charge is 2.43. The Morgan fingerprint density at radius 3 is 2.41 bits per heavy atom. The first kappa shape index (κ1) is 21.8. The van der Waals surface area contributed by atoms with Gasteiger partial charge in [-0.3, -0.25) is 4.79 Å². The van der Waals surface area contributed by atoms with Crippen LogP contribution in [-0.2, 0) is 21.2 Å². The number of sulfonamides is 1. The number of benzene rings is 1. The van der Waals surface area contributed by atoms with Gasteiger partial charge in [-0.2, -0.15) is 9.57 Å². The number of nitrogens with one attached hydrogen (secondary N) is 2. The number of carbonyl (C=O) groups excluding carboxylic acids is 1. The molecule has 7 nitrogen and oxygen atoms in total. The molecule has 158 valence electrons. The van der Waals surface area contributed by atoms with E-state index in [0.717, 1.165) is 36.1 Å². The number of aryl methyl sites for hydroxylation is 1. The quantitative estimate of drug-likeness (QED) is 0.635. The van der Waals surface area contributed by atoms with E-state index in [0.29, 0.717) is 31.1 Å². The molecule has 1 aromatic rings. The predicted molar refractivity (Wildman–Crippen MR) is 110 cm³/mol. The van der Waals surface area contributed by atoms with E-state index in [-0.39, 0.29) is 18.4 Å². The van der Waals surface area contributed by atoms with Crippen LogP contribution in [0.5, 0.6) is 0 Å². The standard InChI is InChI=1S/C21H30N4O3S/c1-3-4-17-5-9-19(10-6-17)29(27,28)25-13-11-24(12-14-25)15-20(26)23-21(2,16-22)18-7-8-18/h5-6,9-10,18H,3-4,7-8,11-15H2,1-2H3,(H,23,26)/p+1/t21-/m0/s1. The molecular formula is C21H31N4O3S+. The van der Waals surface area contributed by atoms with Gasteiger partial charge in [-0.25, -0.2) is 8.42 Å². The van der Waals surface area contributed by atoms with Gasteiger partial charge in [-0.05, 0) is 49.8 Å². The molecule has 3 rings (SSSR count). The molecule has 1 aliphatic heterocycles. The van der Waals surface area contributed by atoms with Crippen molar-refractivity contribution in [2.75, 3.05) is 32.7 Å². The number of amides is 1. The molecule has 2 aliphatic rings. The van der Waals surface area contributed by atoms with Gasteiger partial charge in [0.1, 0.15) is 5.54 Å². The first-order valence-electron chi connectivity index (χ1n) is 10.4. The Morgan fingerprint density at radius 2 is 1.90 bits per heavy atom. The topological polar surface area (TPSA) is 94.7 Å². The van der Waals surface area contributed by atoms with E-state index >= 15 is 0 Å². The fourth-order valence-electron chi connectivity index (χ4n) is 3.93. The van der Waals surface area contributed by atoms with Crippen LogP contribution in [0.1, 0.15) is 38.7 Å². The van der Waals surface area contributed by atoms with Gasteiger partial charge in [0.25, 0.3) is 5.91 Å². The highest BCUT2D eigenvalue weighted by molar-refractivity contribution is 7.89. The summed E-state index contributed by atoms with van der Waals surface area (Å²) in [7, 11) is -3.50. The summed E-state index contributed by atoms with van der Waals surface area (Å²) in [5.74, 6) is 0.107. The highest BCUT2D eigenvalue weighted by Crippen LogP contribution is 2.39. The maximum Gasteiger partial charge on any atom is 0.276 e. The van der Waals surface area contributed by atoms with E-state index in [2.05, 4.69) is 18.3 Å². The smallest absolute Gasteiger partial charge is 0.276 e. The summed E-state index contributed by atoms with van der Waals surface area (Å²) >= 11 is 0. The third kappa shape index (κ3) is 5.16. The van der Waals surface area contributed by atoms with Crippen LogP contribution in [0.4, 0.5) is 0 Å². The lowest BCUT2D eigenvalue weighted by atomic mass is 9.98. The summed E-state index contributed by atoms with van der Waals surface area (Å²) in [5, 5.41) is 12.3. The number of quaternary nitrogens is 1. The zero-order valence-corrected chi connectivity index (χ0v) is 18.1. The minimum absolute atomic E-state index is 0.140. The Labute approximate surface area is 173 Å². The third-order valence-electron chi connectivity index (χ3n) is 5.97. The molecule has 8 heteroatoms. The normalized spacial score (nSPS) is 20.6. The van der Waals surface area contributed by atoms with Gasteiger partial charge in [0.15, 0.2) is 6.54 Å². The maximum absolute atomic E-state index is 12.9. The van der Waals surface area contributed by atoms with Crippen LogP contribution < -0.4 is 10.2 Å². The van der Waals surface area contributed by atoms with Crippen molar-refractivity contribution in [2.45, 2.75) is 50.0 Å². The Balaban J connectivity index is 1.53. The van der Waals surface area contributed by atoms with Crippen LogP contribution >= 0.6 is 0 Å². The van der Waals surface area contributed by atoms with Gasteiger partial charge in [-0.1, -0.05) is 25.5 Å². The van der Waals surface area contributed by atoms with Gasteiger partial charge in [-0.15, -0.1) is 0 Å². The molecule has 0 radical (unpaired) electrons. The lowest BCUT2D eigenvalue weighted by molar-refractivity contribution is -0.895. The highest BCUT2D eigenvalue weighted by atomic mass is 32.2. The average Bonchev–Trinajstić information content (AvgIpc) is 3.55. The minimum Gasteiger partial charge on any atom is -0.333 e. The monoisotopic (exact) mass is 419 g/mol. The SMILES string of the molecule is CCCc1ccc(S(=O)(=O)N2CC[NH+](CC(=O)N[C@@](C)(C#N)C3CC3)CC2)cc1. The first-order chi connectivity index (χ1) is 13.8. The van der Waals surface area contributed by atoms with E-state index in [4.69, 9.17) is 0 Å². The lowest BCUT2D eigenvalue weighted by Gasteiger charge is -2.32. The molecule has 2 fully saturated rings. The Kier molecular flexibility index (Phi) is 6.62. The van der Waals surface area contributed by atoms with Crippen molar-refractivity contribution in [3.8, 4) is 6.07 Å². The molecule has 1 amide bonds. The number of nitrogens with zero attached hydrogens (tertiary/aromatic N) is 2. The maximum atomic E-state index is 12.9. The van der Waals surface area contributed by atoms with Gasteiger partial charge >= 0.3 is 0 Å². The number of hydrogen-bond acceptors (Lipinski definition) is 4. The summed E-state index contributed by atoms with van der Waals surface area (Å²) in [6.45, 7) is 6.08. The summed E-state index contributed by atoms with van der Waals surface area (Å²) in [6.07, 6.45) is 3.93. The van der Waals surface area contributed by atoms with Gasteiger partial charge in [0, 0.05) is 0 Å². The number of hydrogen-bond donors (Lipinski definition) is 2. The molecule has 0 aromatic heterocycles. The van der Waals surface area contributed by atoms with Gasteiger partial charge < -0.3 is 10.2 Å². The van der Waals surface area contributed by atoms with Crippen LogP contribution in [0.15, 0.2) is 29.2 Å². The van der Waals surface area contributed by atoms with Gasteiger partial charge in [0.05, 0.1) is 37.1 Å². The number of carbonyl (C=O) groups is 1. The van der Waals surface area contributed by atoms with Crippen molar-refractivity contribution >= 4 is 15.9 Å². The summed E-state index contributed by atoms with van der Waals surface area (Å²) < 4.78 is 27.3. The van der Waals surface area contributed by atoms with Crippen LogP contribution in [-0.4, -0.2) is 56.9 Å². The zero-order valence-electron chi connectivity index (χ0n) is 17.3. The Morgan fingerprint density at radius 1 is 1.28 bits per heavy atom. The van der Waals surface area contributed by atoms with Gasteiger partial charge in [0.2, 0.25) is 10.0 Å². The van der Waals surface area contributed by atoms with E-state index in [1.54, 1.807) is 19.1 Å². The molecule has 2 N–H and O–H groups in total. The van der Waals surface area contributed by atoms with E-state index in [1.807, 2.05) is 12.1 Å². The molecule has 1 saturated carbocycles. The third-order valence-corrected chi connectivity index (χ3v) is 7.88. The van der Waals surface area contributed by atoms with E-state index in [1.165, 1.54) is 4.31 Å². The van der Waals surface area contributed by atoms with Crippen molar-refractivity contribution in [3.05, 3.63) is 29.8 Å². The molecule has 1 saturated heterocycles. The molecule has 0 spiro atoms. The largest absolute Gasteiger partial charge is 0.333 e. The number of piperazine rings is 1. The zero-order chi connectivity index (χ0) is 21.1. The van der Waals surface area contributed by atoms with E-state index < -0.39 is 15.6 Å². The molecule has 1 aromatic carbocycles. The molecule has 1 aliphatic carbocycles. The summed E-state index contributed by atoms with van der Waals surface area (Å²) in [5.41, 5.74) is 0.355. The first-order valence-corrected chi connectivity index (χ1v) is 11.9. The molecule has 0 bridgehead atoms. The Hall–Kier alpha value is -1.95. The fraction of sp³-hybridized carbons (Fsp3) is 0.619. The fourth-order valence-corrected chi connectivity index (χ4v) is 5.37. The molecule has 1 atom stereocenters. The number of nitriles is 1. The summed E-state index contributed by atoms with van der Waals surface area (Å²) in [4.78, 5) is 13.8. The molecule has 29 heavy (non-hydrogen) atoms. The average molecular weight is 420 g/mol. The van der Waals surface area contributed by atoms with Crippen LogP contribution in [0.2, 0.25) is 0 Å². The second kappa shape index (κ2) is 8.82. The van der Waals surface area contributed by atoms with Crippen molar-refractivity contribution in [3.63, 3.8) is 0 Å². The van der Waals surface area contributed by atoms with Crippen molar-refractivity contribution in [1.82, 2.24) is 9.62 Å². The number of rotatable bonds is 8. The second-order valence-electron chi connectivity index (χ2n) is 8.36. The summed E-state index contributed by atoms with van der Waals surface area (Å²) in [6, 6.07) is 9.38. The van der Waals surface area contributed by atoms with Crippen molar-refractivity contribution in [1.29, 1.82) is 5.26 Å². The predicted octanol–water partition coefficient (Wildman–Crippen LogP) is 0.337. The van der Waals surface area contributed by atoms with E-state index in [9.17, 15) is 18.5 Å². The van der Waals surface area contributed by atoms with Crippen LogP contribution in [0.3, 0.4) is 0 Å². The van der Waals surface area contributed by atoms with Crippen LogP contribution in [0.25, 0.3) is 0 Å². The molecule has 0 unspecified atom stereocenters. The van der Waals surface area contributed by atoms with Crippen molar-refractivity contribution < 1.29 is 18.1 Å². The minimum atomic E-state index is -3.50. The van der Waals surface area contributed by atoms with Crippen molar-refractivity contribution in [2.24, 2.45) is 5.92 Å². The second-order valence-corrected chi connectivity index (χ2v) is 10.3. The Bertz CT molecular complexity index is 866.